The molecule has 0 aromatic carbocycles. The summed E-state index contributed by atoms with van der Waals surface area (Å²) in [5.41, 5.74) is -0.722. The van der Waals surface area contributed by atoms with Crippen molar-refractivity contribution in [1.29, 1.82) is 0 Å². The summed E-state index contributed by atoms with van der Waals surface area (Å²) >= 11 is 0. The zero-order valence-electron chi connectivity index (χ0n) is 16.3. The third kappa shape index (κ3) is 3.36. The lowest BCUT2D eigenvalue weighted by molar-refractivity contribution is -0.160. The molecular weight excluding hydrogens is 372 g/mol. The van der Waals surface area contributed by atoms with Crippen LogP contribution in [0.1, 0.15) is 39.0 Å². The third-order valence-electron chi connectivity index (χ3n) is 7.11. The van der Waals surface area contributed by atoms with E-state index in [-0.39, 0.29) is 31.1 Å². The quantitative estimate of drug-likeness (QED) is 0.779. The van der Waals surface area contributed by atoms with E-state index >= 15 is 0 Å². The number of hydrogen-bond acceptors (Lipinski definition) is 4. The van der Waals surface area contributed by atoms with Gasteiger partial charge in [0.25, 0.3) is 5.92 Å². The number of carboxylic acid groups (broad SMARTS) is 1. The van der Waals surface area contributed by atoms with Gasteiger partial charge in [-0.15, -0.1) is 0 Å². The van der Waals surface area contributed by atoms with Crippen molar-refractivity contribution in [3.8, 4) is 0 Å². The van der Waals surface area contributed by atoms with Gasteiger partial charge >= 0.3 is 6.09 Å². The molecule has 1 N–H and O–H groups in total. The fourth-order valence-corrected chi connectivity index (χ4v) is 5.09. The average molecular weight is 401 g/mol. The van der Waals surface area contributed by atoms with E-state index in [1.54, 1.807) is 11.8 Å². The SMILES string of the molecule is CC1C(=O)N2C(CCCN3CCC4(CC4)C(F)(F)C3)COCC2CN1C(=O)O. The number of halogens is 2. The molecule has 0 aromatic heterocycles. The summed E-state index contributed by atoms with van der Waals surface area (Å²) in [6.07, 6.45) is 2.16. The molecule has 2 amide bonds. The minimum atomic E-state index is -2.59. The van der Waals surface area contributed by atoms with Crippen molar-refractivity contribution < 1.29 is 28.2 Å². The lowest BCUT2D eigenvalue weighted by Crippen LogP contribution is -2.68. The Labute approximate surface area is 163 Å². The molecule has 1 spiro atoms. The normalized spacial score (nSPS) is 34.4. The molecule has 4 aliphatic rings. The molecule has 3 unspecified atom stereocenters. The molecule has 4 fully saturated rings. The Balaban J connectivity index is 1.31. The summed E-state index contributed by atoms with van der Waals surface area (Å²) in [6, 6.07) is -1.10. The van der Waals surface area contributed by atoms with Crippen LogP contribution in [0, 0.1) is 5.41 Å². The van der Waals surface area contributed by atoms with Gasteiger partial charge in [-0.1, -0.05) is 0 Å². The second-order valence-electron chi connectivity index (χ2n) is 8.85. The molecular formula is C19H29F2N3O4. The first-order chi connectivity index (χ1) is 13.2. The van der Waals surface area contributed by atoms with Gasteiger partial charge in [-0.2, -0.15) is 0 Å². The molecule has 0 radical (unpaired) electrons. The number of rotatable bonds is 4. The van der Waals surface area contributed by atoms with Crippen molar-refractivity contribution in [2.45, 2.75) is 63.1 Å². The number of likely N-dealkylation sites (tertiary alicyclic amines) is 1. The summed E-state index contributed by atoms with van der Waals surface area (Å²) in [5.74, 6) is -2.78. The summed E-state index contributed by atoms with van der Waals surface area (Å²) in [6.45, 7) is 3.75. The van der Waals surface area contributed by atoms with E-state index in [0.29, 0.717) is 58.4 Å². The van der Waals surface area contributed by atoms with Crippen LogP contribution in [-0.4, -0.2) is 95.2 Å². The first kappa shape index (κ1) is 19.8. The molecule has 0 aromatic rings. The Morgan fingerprint density at radius 2 is 2.04 bits per heavy atom. The van der Waals surface area contributed by atoms with Crippen molar-refractivity contribution in [3.63, 3.8) is 0 Å². The number of fused-ring (bicyclic) bond motifs is 1. The maximum Gasteiger partial charge on any atom is 0.408 e. The Morgan fingerprint density at radius 3 is 2.68 bits per heavy atom. The number of piperazine rings is 1. The minimum absolute atomic E-state index is 0.121. The van der Waals surface area contributed by atoms with Gasteiger partial charge in [-0.05, 0) is 52.1 Å². The maximum atomic E-state index is 14.3. The zero-order valence-corrected chi connectivity index (χ0v) is 16.3. The first-order valence-corrected chi connectivity index (χ1v) is 10.2. The Hall–Kier alpha value is -1.48. The van der Waals surface area contributed by atoms with Crippen molar-refractivity contribution in [1.82, 2.24) is 14.7 Å². The molecule has 28 heavy (non-hydrogen) atoms. The van der Waals surface area contributed by atoms with E-state index in [0.717, 1.165) is 0 Å². The lowest BCUT2D eigenvalue weighted by Gasteiger charge is -2.49. The van der Waals surface area contributed by atoms with E-state index < -0.39 is 23.5 Å². The number of nitrogens with zero attached hydrogens (tertiary/aromatic N) is 3. The molecule has 3 saturated heterocycles. The number of amides is 2. The van der Waals surface area contributed by atoms with Crippen molar-refractivity contribution in [2.24, 2.45) is 5.41 Å². The molecule has 7 nitrogen and oxygen atoms in total. The number of ether oxygens (including phenoxy) is 1. The molecule has 3 heterocycles. The monoisotopic (exact) mass is 401 g/mol. The number of alkyl halides is 2. The van der Waals surface area contributed by atoms with Gasteiger partial charge in [0.15, 0.2) is 0 Å². The molecule has 3 atom stereocenters. The summed E-state index contributed by atoms with van der Waals surface area (Å²) < 4.78 is 34.3. The highest BCUT2D eigenvalue weighted by Gasteiger charge is 2.63. The number of carbonyl (C=O) groups excluding carboxylic acids is 1. The predicted molar refractivity (Wildman–Crippen MR) is 96.3 cm³/mol. The van der Waals surface area contributed by atoms with Gasteiger partial charge in [0, 0.05) is 12.0 Å². The van der Waals surface area contributed by atoms with Gasteiger partial charge in [0.2, 0.25) is 5.91 Å². The molecule has 158 valence electrons. The van der Waals surface area contributed by atoms with E-state index in [4.69, 9.17) is 4.74 Å². The Morgan fingerprint density at radius 1 is 1.29 bits per heavy atom. The van der Waals surface area contributed by atoms with Crippen LogP contribution < -0.4 is 0 Å². The van der Waals surface area contributed by atoms with Crippen LogP contribution in [0.5, 0.6) is 0 Å². The van der Waals surface area contributed by atoms with Crippen LogP contribution >= 0.6 is 0 Å². The predicted octanol–water partition coefficient (Wildman–Crippen LogP) is 1.87. The molecule has 9 heteroatoms. The molecule has 4 rings (SSSR count). The van der Waals surface area contributed by atoms with Crippen LogP contribution in [0.2, 0.25) is 0 Å². The van der Waals surface area contributed by atoms with Gasteiger partial charge in [0.05, 0.1) is 31.8 Å². The van der Waals surface area contributed by atoms with Crippen molar-refractivity contribution >= 4 is 12.0 Å². The highest BCUT2D eigenvalue weighted by atomic mass is 19.3. The zero-order chi connectivity index (χ0) is 20.1. The van der Waals surface area contributed by atoms with Crippen molar-refractivity contribution in [2.75, 3.05) is 39.4 Å². The second-order valence-corrected chi connectivity index (χ2v) is 8.85. The maximum absolute atomic E-state index is 14.3. The average Bonchev–Trinajstić information content (AvgIpc) is 3.42. The van der Waals surface area contributed by atoms with Crippen LogP contribution in [-0.2, 0) is 9.53 Å². The number of piperidine rings is 1. The molecule has 1 aliphatic carbocycles. The van der Waals surface area contributed by atoms with Crippen LogP contribution in [0.3, 0.4) is 0 Å². The van der Waals surface area contributed by atoms with Gasteiger partial charge in [0.1, 0.15) is 6.04 Å². The number of carbonyl (C=O) groups is 2. The van der Waals surface area contributed by atoms with Crippen LogP contribution in [0.4, 0.5) is 13.6 Å². The summed E-state index contributed by atoms with van der Waals surface area (Å²) in [7, 11) is 0. The molecule has 3 aliphatic heterocycles. The lowest BCUT2D eigenvalue weighted by atomic mass is 9.89. The number of hydrogen-bond donors (Lipinski definition) is 1. The Kier molecular flexibility index (Phi) is 5.02. The van der Waals surface area contributed by atoms with E-state index in [1.807, 2.05) is 4.90 Å². The van der Waals surface area contributed by atoms with Gasteiger partial charge in [-0.3, -0.25) is 14.6 Å². The Bertz CT molecular complexity index is 643. The highest BCUT2D eigenvalue weighted by molar-refractivity contribution is 5.87. The smallest absolute Gasteiger partial charge is 0.408 e. The minimum Gasteiger partial charge on any atom is -0.465 e. The van der Waals surface area contributed by atoms with E-state index in [9.17, 15) is 23.5 Å². The number of morpholine rings is 1. The van der Waals surface area contributed by atoms with E-state index in [1.165, 1.54) is 4.90 Å². The van der Waals surface area contributed by atoms with Crippen LogP contribution in [0.15, 0.2) is 0 Å². The summed E-state index contributed by atoms with van der Waals surface area (Å²) in [4.78, 5) is 28.9. The molecule has 1 saturated carbocycles. The fraction of sp³-hybridized carbons (Fsp3) is 0.895. The summed E-state index contributed by atoms with van der Waals surface area (Å²) in [5, 5.41) is 9.30. The van der Waals surface area contributed by atoms with Crippen LogP contribution in [0.25, 0.3) is 0 Å². The molecule has 0 bridgehead atoms. The van der Waals surface area contributed by atoms with Gasteiger partial charge < -0.3 is 14.7 Å². The second kappa shape index (κ2) is 7.09. The third-order valence-corrected chi connectivity index (χ3v) is 7.11. The van der Waals surface area contributed by atoms with Gasteiger partial charge in [-0.25, -0.2) is 13.6 Å². The highest BCUT2D eigenvalue weighted by Crippen LogP contribution is 2.61. The fourth-order valence-electron chi connectivity index (χ4n) is 5.09. The topological polar surface area (TPSA) is 73.3 Å². The largest absolute Gasteiger partial charge is 0.465 e. The van der Waals surface area contributed by atoms with E-state index in [2.05, 4.69) is 0 Å². The van der Waals surface area contributed by atoms with Crippen molar-refractivity contribution in [3.05, 3.63) is 0 Å². The first-order valence-electron chi connectivity index (χ1n) is 10.2. The standard InChI is InChI=1S/C19H29F2N3O4/c1-13-16(25)24-14(10-28-11-15(24)9-23(13)17(26)27)3-2-7-22-8-6-18(4-5-18)19(20,21)12-22/h13-15H,2-12H2,1H3,(H,26,27).